The number of esters is 2. The Balaban J connectivity index is 1.08. The number of ether oxygens (including phenoxy) is 10. The molecular formula is C59H92O27. The maximum atomic E-state index is 13.6. The first-order valence-electron chi connectivity index (χ1n) is 30.0. The second kappa shape index (κ2) is 24.6. The molecule has 0 aromatic rings. The summed E-state index contributed by atoms with van der Waals surface area (Å²) in [4.78, 5) is 40.1. The molecule has 27 nitrogen and oxygen atoms in total. The van der Waals surface area contributed by atoms with Gasteiger partial charge in [-0.3, -0.25) is 4.79 Å². The Morgan fingerprint density at radius 2 is 1.22 bits per heavy atom. The standard InChI is InChI=1S/C59H92O27/c1-11-23(2)49(76)86-46-47(78-24(3)63)59(22-62)26(18-54(46,4)5)25-12-13-31-56(8)16-15-32(55(6,7)30(56)14-17-57(31,9)58(25,10)44(72)45(59)73)81-53-43(85-52-39(71)36(68)34(66)28(19-60)79-52)41(82-50-37(69)33(65)27(64)21-77-50)40(42(84-53)48(74)75)83-51-38(70)35(67)29(20-61)80-51/h11-12,26-47,50-53,60-62,64-73H,13-22H2,1-10H3,(H,74,75). The number of carbonyl (C=O) groups excluding carboxylic acids is 2. The number of carbonyl (C=O) groups is 3. The highest BCUT2D eigenvalue weighted by molar-refractivity contribution is 5.87. The minimum Gasteiger partial charge on any atom is -0.479 e. The average molecular weight is 1230 g/mol. The van der Waals surface area contributed by atoms with E-state index < -0.39 is 224 Å². The first-order valence-corrected chi connectivity index (χ1v) is 30.0. The number of hydrogen-bond acceptors (Lipinski definition) is 26. The third-order valence-corrected chi connectivity index (χ3v) is 22.4. The summed E-state index contributed by atoms with van der Waals surface area (Å²) >= 11 is 0. The molecule has 0 amide bonds. The second-order valence-corrected chi connectivity index (χ2v) is 27.6. The fourth-order valence-electron chi connectivity index (χ4n) is 17.3. The fraction of sp³-hybridized carbons (Fsp3) is 0.881. The summed E-state index contributed by atoms with van der Waals surface area (Å²) in [5.74, 6) is -4.21. The van der Waals surface area contributed by atoms with Gasteiger partial charge in [0.25, 0.3) is 0 Å². The van der Waals surface area contributed by atoms with Gasteiger partial charge in [-0.25, -0.2) is 9.59 Å². The molecule has 0 spiro atoms. The van der Waals surface area contributed by atoms with E-state index in [0.717, 1.165) is 5.57 Å². The van der Waals surface area contributed by atoms with Crippen molar-refractivity contribution in [3.05, 3.63) is 23.3 Å². The molecule has 5 aliphatic carbocycles. The minimum absolute atomic E-state index is 0.197. The van der Waals surface area contributed by atoms with Gasteiger partial charge in [-0.05, 0) is 86.4 Å². The van der Waals surface area contributed by atoms with E-state index in [1.54, 1.807) is 19.9 Å². The lowest BCUT2D eigenvalue weighted by Gasteiger charge is -2.73. The van der Waals surface area contributed by atoms with Gasteiger partial charge < -0.3 is 119 Å². The molecule has 0 radical (unpaired) electrons. The van der Waals surface area contributed by atoms with Crippen LogP contribution in [0.1, 0.15) is 108 Å². The average Bonchev–Trinajstić information content (AvgIpc) is 0.714. The summed E-state index contributed by atoms with van der Waals surface area (Å²) < 4.78 is 61.4. The third-order valence-electron chi connectivity index (χ3n) is 22.4. The van der Waals surface area contributed by atoms with Crippen molar-refractivity contribution in [2.45, 2.75) is 249 Å². The summed E-state index contributed by atoms with van der Waals surface area (Å²) in [6.45, 7) is 15.4. The number of fused-ring (bicyclic) bond motifs is 7. The second-order valence-electron chi connectivity index (χ2n) is 27.6. The number of rotatable bonds is 15. The van der Waals surface area contributed by atoms with Crippen molar-refractivity contribution in [3.8, 4) is 0 Å². The maximum absolute atomic E-state index is 13.6. The summed E-state index contributed by atoms with van der Waals surface area (Å²) in [6.07, 6.45) is -34.5. The molecule has 30 atom stereocenters. The van der Waals surface area contributed by atoms with E-state index in [9.17, 15) is 85.9 Å². The van der Waals surface area contributed by atoms with Crippen LogP contribution < -0.4 is 0 Å². The number of hydrogen-bond donors (Lipinski definition) is 14. The Morgan fingerprint density at radius 1 is 0.640 bits per heavy atom. The first kappa shape index (κ1) is 67.4. The van der Waals surface area contributed by atoms with Gasteiger partial charge >= 0.3 is 17.9 Å². The molecule has 86 heavy (non-hydrogen) atoms. The van der Waals surface area contributed by atoms with Gasteiger partial charge in [0.05, 0.1) is 50.2 Å². The Labute approximate surface area is 498 Å². The number of allylic oxidation sites excluding steroid dienone is 2. The zero-order chi connectivity index (χ0) is 63.5. The van der Waals surface area contributed by atoms with E-state index >= 15 is 0 Å². The van der Waals surface area contributed by atoms with Crippen LogP contribution in [-0.4, -0.2) is 257 Å². The van der Waals surface area contributed by atoms with E-state index in [0.29, 0.717) is 31.3 Å². The molecule has 4 saturated carbocycles. The lowest BCUT2D eigenvalue weighted by molar-refractivity contribution is -0.401. The minimum atomic E-state index is -2.18. The van der Waals surface area contributed by atoms with Gasteiger partial charge in [-0.15, -0.1) is 0 Å². The highest BCUT2D eigenvalue weighted by Crippen LogP contribution is 2.76. The Morgan fingerprint density at radius 3 is 1.80 bits per heavy atom. The highest BCUT2D eigenvalue weighted by Gasteiger charge is 2.76. The van der Waals surface area contributed by atoms with Crippen LogP contribution in [0.3, 0.4) is 0 Å². The number of aliphatic hydroxyl groups excluding tert-OH is 13. The van der Waals surface area contributed by atoms with Gasteiger partial charge in [-0.1, -0.05) is 66.2 Å². The number of aliphatic hydroxyl groups is 13. The van der Waals surface area contributed by atoms with Gasteiger partial charge in [0.15, 0.2) is 37.4 Å². The topological polar surface area (TPSA) is 427 Å². The Bertz CT molecular complexity index is 2530. The van der Waals surface area contributed by atoms with E-state index in [2.05, 4.69) is 19.9 Å². The molecule has 0 bridgehead atoms. The van der Waals surface area contributed by atoms with Crippen LogP contribution >= 0.6 is 0 Å². The monoisotopic (exact) mass is 1230 g/mol. The molecular weight excluding hydrogens is 1140 g/mol. The van der Waals surface area contributed by atoms with Gasteiger partial charge in [-0.2, -0.15) is 0 Å². The number of carboxylic acid groups (broad SMARTS) is 1. The quantitative estimate of drug-likeness (QED) is 0.0357. The molecule has 27 heteroatoms. The van der Waals surface area contributed by atoms with Crippen molar-refractivity contribution in [2.24, 2.45) is 50.2 Å². The SMILES string of the molecule is CC=C(C)C(=O)OC1C(OC(C)=O)C2(CO)C(CC1(C)C)C1=CCC3C4(C)CCC(OC5OC(C(=O)O)C(OC6OC(CO)C(O)C6O)C(OC6OCC(O)C(O)C6O)C5OC5OC(CO)C(O)C(O)C5O)C(C)(C)C4CCC3(C)C1(C)C(O)C2O. The van der Waals surface area contributed by atoms with E-state index in [1.807, 2.05) is 34.6 Å². The third kappa shape index (κ3) is 10.7. The molecule has 4 saturated heterocycles. The predicted molar refractivity (Wildman–Crippen MR) is 290 cm³/mol. The molecule has 8 fully saturated rings. The Hall–Kier alpha value is -2.95. The van der Waals surface area contributed by atoms with Crippen molar-refractivity contribution < 1.29 is 133 Å². The van der Waals surface area contributed by atoms with Gasteiger partial charge in [0.2, 0.25) is 0 Å². The molecule has 9 rings (SSSR count). The lowest BCUT2D eigenvalue weighted by atomic mass is 9.32. The molecule has 0 aromatic heterocycles. The molecule has 30 unspecified atom stereocenters. The largest absolute Gasteiger partial charge is 0.479 e. The van der Waals surface area contributed by atoms with Crippen molar-refractivity contribution >= 4 is 17.9 Å². The van der Waals surface area contributed by atoms with Crippen molar-refractivity contribution in [1.29, 1.82) is 0 Å². The zero-order valence-electron chi connectivity index (χ0n) is 50.3. The van der Waals surface area contributed by atoms with Crippen molar-refractivity contribution in [1.82, 2.24) is 0 Å². The smallest absolute Gasteiger partial charge is 0.335 e. The van der Waals surface area contributed by atoms with E-state index in [1.165, 1.54) is 6.92 Å². The number of aliphatic carboxylic acids is 1. The van der Waals surface area contributed by atoms with Gasteiger partial charge in [0.1, 0.15) is 85.5 Å². The van der Waals surface area contributed by atoms with Crippen LogP contribution in [0, 0.1) is 50.2 Å². The van der Waals surface area contributed by atoms with E-state index in [4.69, 9.17) is 47.4 Å². The van der Waals surface area contributed by atoms with Crippen LogP contribution in [-0.2, 0) is 61.8 Å². The number of carboxylic acids is 1. The molecule has 490 valence electrons. The van der Waals surface area contributed by atoms with E-state index in [-0.39, 0.29) is 24.7 Å². The molecule has 4 aliphatic heterocycles. The summed E-state index contributed by atoms with van der Waals surface area (Å²) in [6, 6.07) is 0. The molecule has 0 aromatic carbocycles. The lowest BCUT2D eigenvalue weighted by Crippen LogP contribution is -2.76. The summed E-state index contributed by atoms with van der Waals surface area (Å²) in [5.41, 5.74) is -4.88. The van der Waals surface area contributed by atoms with Crippen molar-refractivity contribution in [2.75, 3.05) is 26.4 Å². The predicted octanol–water partition coefficient (Wildman–Crippen LogP) is -2.22. The highest BCUT2D eigenvalue weighted by atomic mass is 16.8. The Kier molecular flexibility index (Phi) is 19.3. The van der Waals surface area contributed by atoms with Gasteiger partial charge in [0, 0.05) is 23.3 Å². The normalized spacial score (nSPS) is 50.8. The molecule has 14 N–H and O–H groups in total. The fourth-order valence-corrected chi connectivity index (χ4v) is 17.3. The summed E-state index contributed by atoms with van der Waals surface area (Å²) in [7, 11) is 0. The zero-order valence-corrected chi connectivity index (χ0v) is 50.3. The van der Waals surface area contributed by atoms with Crippen LogP contribution in [0.4, 0.5) is 0 Å². The first-order chi connectivity index (χ1) is 40.2. The van der Waals surface area contributed by atoms with Crippen LogP contribution in [0.2, 0.25) is 0 Å². The summed E-state index contributed by atoms with van der Waals surface area (Å²) in [5, 5.41) is 156. The van der Waals surface area contributed by atoms with Crippen LogP contribution in [0.25, 0.3) is 0 Å². The molecule has 9 aliphatic rings. The van der Waals surface area contributed by atoms with Crippen molar-refractivity contribution in [3.63, 3.8) is 0 Å². The van der Waals surface area contributed by atoms with Crippen LogP contribution in [0.15, 0.2) is 23.3 Å². The maximum Gasteiger partial charge on any atom is 0.335 e. The molecule has 4 heterocycles. The van der Waals surface area contributed by atoms with Crippen LogP contribution in [0.5, 0.6) is 0 Å².